The van der Waals surface area contributed by atoms with Crippen LogP contribution < -0.4 is 19.6 Å². The van der Waals surface area contributed by atoms with E-state index in [1.807, 2.05) is 22.7 Å². The fourth-order valence-corrected chi connectivity index (χ4v) is 24.9. The van der Waals surface area contributed by atoms with E-state index in [1.54, 1.807) is 0 Å². The van der Waals surface area contributed by atoms with Gasteiger partial charge in [0.05, 0.1) is 27.8 Å². The van der Waals surface area contributed by atoms with Gasteiger partial charge in [0.1, 0.15) is 0 Å². The van der Waals surface area contributed by atoms with Crippen LogP contribution in [-0.2, 0) is 43.3 Å². The molecular weight excluding hydrogens is 1710 g/mol. The second-order valence-electron chi connectivity index (χ2n) is 46.3. The molecule has 0 fully saturated rings. The summed E-state index contributed by atoms with van der Waals surface area (Å²) in [6.07, 6.45) is 0. The van der Waals surface area contributed by atoms with Crippen LogP contribution in [-0.4, -0.2) is 8.80 Å². The van der Waals surface area contributed by atoms with E-state index >= 15 is 0 Å². The summed E-state index contributed by atoms with van der Waals surface area (Å²) in [5, 5.41) is 12.9. The van der Waals surface area contributed by atoms with E-state index in [2.05, 4.69) is 520 Å². The molecule has 0 saturated carbocycles. The van der Waals surface area contributed by atoms with E-state index in [1.165, 1.54) is 184 Å². The van der Waals surface area contributed by atoms with Crippen LogP contribution in [0.25, 0.3) is 117 Å². The summed E-state index contributed by atoms with van der Waals surface area (Å²) in [6, 6.07) is 130. The van der Waals surface area contributed by atoms with Crippen LogP contribution in [0.3, 0.4) is 0 Å². The Labute approximate surface area is 821 Å². The predicted octanol–water partition coefficient (Wildman–Crippen LogP) is 38.4. The molecule has 6 aromatic heterocycles. The minimum atomic E-state index is -0.300. The minimum absolute atomic E-state index is 0.0549. The quantitative estimate of drug-likeness (QED) is 0.122. The van der Waals surface area contributed by atoms with Crippen LogP contribution in [0, 0.1) is 0 Å². The number of hydrogen-bond acceptors (Lipinski definition) is 6. The smallest absolute Gasteiger partial charge is 0.0638 e. The summed E-state index contributed by atoms with van der Waals surface area (Å²) < 4.78 is 10.5. The second kappa shape index (κ2) is 31.4. The first-order valence-electron chi connectivity index (χ1n) is 49.3. The zero-order valence-corrected chi connectivity index (χ0v) is 85.5. The van der Waals surface area contributed by atoms with Crippen molar-refractivity contribution >= 4 is 186 Å². The highest BCUT2D eigenvalue weighted by Crippen LogP contribution is 2.61. The lowest BCUT2D eigenvalue weighted by molar-refractivity contribution is 0.590. The third-order valence-electron chi connectivity index (χ3n) is 30.3. The number of benzene rings is 16. The molecule has 684 valence electrons. The zero-order chi connectivity index (χ0) is 95.9. The molecule has 24 rings (SSSR count). The molecule has 6 heterocycles. The number of hydrogen-bond donors (Lipinski definition) is 0. The van der Waals surface area contributed by atoms with Gasteiger partial charge in [-0.25, -0.2) is 0 Å². The van der Waals surface area contributed by atoms with Crippen molar-refractivity contribution in [3.8, 4) is 22.3 Å². The molecule has 0 bridgehead atoms. The molecule has 0 radical (unpaired) electrons. The third-order valence-corrected chi connectivity index (χ3v) is 32.6. The summed E-state index contributed by atoms with van der Waals surface area (Å²) in [6.45, 7) is 50.9. The molecule has 0 amide bonds. The molecule has 0 N–H and O–H groups in total. The SMILES string of the molecule is CC(C)(C)c1ccc(N(c2ccc(C(C)(C)C)cc2)c2ccc3c(c2)C(C)(C)c2c-3c3ccc(N(c4ccc(C(C)(C)C)cc4)c4ccc(C(C)(C)C)cc4)c4c5ccccc5n2c34)cc1.CC(C)(C)c1ccc(N(c2ccc3c(c2)C(C)(C)c2c-3c3cccc4c5cc(N(c6ccc(C(C)(C)C)cc6)c6ccc7sc8ccccc8c7c6)ccc5n2c34)c2ccc3sc4ccccc4c3c2)cc1. The van der Waals surface area contributed by atoms with E-state index in [-0.39, 0.29) is 43.3 Å². The molecule has 0 aliphatic heterocycles. The topological polar surface area (TPSA) is 21.8 Å². The molecule has 0 saturated heterocycles. The summed E-state index contributed by atoms with van der Waals surface area (Å²) in [5.74, 6) is 0. The van der Waals surface area contributed by atoms with E-state index < -0.39 is 0 Å². The standard InChI is InChI=1S/C67H55N3S2.C63H67N3/c1-65(2,3)40-20-24-42(25-21-40)68(45-30-34-60-54(37-45)48-14-9-11-18-58(48)71-60)44-29-33-57-53(36-44)50-16-13-17-52-62-51-32-28-47(39-56(51)67(7,8)64(62)70(57)63(50)52)69(43-26-22-41(23-27-43)66(4,5)6)46-31-35-61-55(38-46)49-15-10-12-19-59(49)72-61;1-59(2,3)40-19-27-44(28-20-40)64(45-29-21-41(22-30-45)60(4,5)6)48-35-36-49-52(39-48)63(13,14)58-55(49)51-37-38-54(56-50-17-15-16-18-53(50)66(58)57(51)56)65(46-31-23-42(24-32-46)61(7,8)9)47-33-25-43(26-34-47)62(10,11)12/h9-39H,1-8H3;15-39H,1-14H3. The Bertz CT molecular complexity index is 8470. The van der Waals surface area contributed by atoms with Gasteiger partial charge in [0, 0.05) is 169 Å². The Morgan fingerprint density at radius 1 is 0.217 bits per heavy atom. The summed E-state index contributed by atoms with van der Waals surface area (Å²) in [5.41, 5.74) is 37.5. The van der Waals surface area contributed by atoms with E-state index in [9.17, 15) is 0 Å². The summed E-state index contributed by atoms with van der Waals surface area (Å²) >= 11 is 3.74. The molecule has 6 nitrogen and oxygen atoms in total. The molecule has 22 aromatic rings. The molecular formula is C130H122N6S2. The molecule has 0 unspecified atom stereocenters. The highest BCUT2D eigenvalue weighted by atomic mass is 32.1. The second-order valence-corrected chi connectivity index (χ2v) is 48.5. The number of aromatic nitrogens is 2. The maximum atomic E-state index is 2.62. The first-order valence-corrected chi connectivity index (χ1v) is 51.0. The molecule has 2 aliphatic carbocycles. The van der Waals surface area contributed by atoms with Gasteiger partial charge in [-0.05, 0) is 264 Å². The van der Waals surface area contributed by atoms with Gasteiger partial charge in [-0.1, -0.05) is 316 Å². The largest absolute Gasteiger partial charge is 0.311 e. The van der Waals surface area contributed by atoms with Gasteiger partial charge >= 0.3 is 0 Å². The van der Waals surface area contributed by atoms with Gasteiger partial charge in [0.15, 0.2) is 0 Å². The summed E-state index contributed by atoms with van der Waals surface area (Å²) in [7, 11) is 0. The third kappa shape index (κ3) is 14.2. The van der Waals surface area contributed by atoms with Gasteiger partial charge in [-0.2, -0.15) is 0 Å². The van der Waals surface area contributed by atoms with E-state index in [0.717, 1.165) is 56.9 Å². The Hall–Kier alpha value is -13.8. The first kappa shape index (κ1) is 88.2. The highest BCUT2D eigenvalue weighted by molar-refractivity contribution is 7.26. The van der Waals surface area contributed by atoms with Gasteiger partial charge in [0.2, 0.25) is 0 Å². The lowest BCUT2D eigenvalue weighted by Crippen LogP contribution is -2.19. The van der Waals surface area contributed by atoms with Crippen molar-refractivity contribution < 1.29 is 0 Å². The number of fused-ring (bicyclic) bond motifs is 22. The molecule has 138 heavy (non-hydrogen) atoms. The fraction of sp³-hybridized carbons (Fsp3) is 0.231. The van der Waals surface area contributed by atoms with Crippen LogP contribution in [0.2, 0.25) is 0 Å². The van der Waals surface area contributed by atoms with Gasteiger partial charge < -0.3 is 28.4 Å². The van der Waals surface area contributed by atoms with Gasteiger partial charge in [-0.3, -0.25) is 0 Å². The number of rotatable bonds is 12. The van der Waals surface area contributed by atoms with Crippen LogP contribution in [0.1, 0.15) is 208 Å². The Morgan fingerprint density at radius 3 is 0.891 bits per heavy atom. The normalized spacial score (nSPS) is 13.8. The Morgan fingerprint density at radius 2 is 0.500 bits per heavy atom. The van der Waals surface area contributed by atoms with Crippen LogP contribution in [0.4, 0.5) is 68.2 Å². The maximum absolute atomic E-state index is 2.62. The van der Waals surface area contributed by atoms with Crippen LogP contribution >= 0.6 is 22.7 Å². The van der Waals surface area contributed by atoms with Crippen molar-refractivity contribution in [3.63, 3.8) is 0 Å². The first-order chi connectivity index (χ1) is 65.7. The van der Waals surface area contributed by atoms with Crippen molar-refractivity contribution in [2.24, 2.45) is 0 Å². The monoisotopic (exact) mass is 1830 g/mol. The number of para-hydroxylation sites is 2. The van der Waals surface area contributed by atoms with Crippen molar-refractivity contribution in [2.45, 2.75) is 196 Å². The summed E-state index contributed by atoms with van der Waals surface area (Å²) in [4.78, 5) is 9.86. The zero-order valence-electron chi connectivity index (χ0n) is 83.8. The molecule has 16 aromatic carbocycles. The van der Waals surface area contributed by atoms with Crippen molar-refractivity contribution in [3.05, 3.63) is 396 Å². The Balaban J connectivity index is 0.000000155. The number of nitrogens with zero attached hydrogens (tertiary/aromatic N) is 6. The lowest BCUT2D eigenvalue weighted by Gasteiger charge is -2.30. The van der Waals surface area contributed by atoms with Gasteiger partial charge in [0.25, 0.3) is 0 Å². The van der Waals surface area contributed by atoms with Crippen molar-refractivity contribution in [2.75, 3.05) is 19.6 Å². The average molecular weight is 1830 g/mol. The highest BCUT2D eigenvalue weighted by Gasteiger charge is 2.45. The van der Waals surface area contributed by atoms with Crippen LogP contribution in [0.15, 0.2) is 340 Å². The Kier molecular flexibility index (Phi) is 20.1. The minimum Gasteiger partial charge on any atom is -0.311 e. The predicted molar refractivity (Wildman–Crippen MR) is 599 cm³/mol. The van der Waals surface area contributed by atoms with Gasteiger partial charge in [-0.15, -0.1) is 22.7 Å². The number of thiophene rings is 2. The van der Waals surface area contributed by atoms with Crippen LogP contribution in [0.5, 0.6) is 0 Å². The molecule has 2 aliphatic rings. The number of anilines is 12. The molecule has 8 heteroatoms. The fourth-order valence-electron chi connectivity index (χ4n) is 22.7. The van der Waals surface area contributed by atoms with Crippen molar-refractivity contribution in [1.29, 1.82) is 0 Å². The van der Waals surface area contributed by atoms with E-state index in [4.69, 9.17) is 0 Å². The van der Waals surface area contributed by atoms with E-state index in [0.29, 0.717) is 0 Å². The molecule has 0 atom stereocenters. The molecule has 0 spiro atoms. The maximum Gasteiger partial charge on any atom is 0.0638 e. The average Bonchev–Trinajstić information content (AvgIpc) is 1.49. The lowest BCUT2D eigenvalue weighted by atomic mass is 9.84. The van der Waals surface area contributed by atoms with Crippen molar-refractivity contribution in [1.82, 2.24) is 8.80 Å².